The zero-order chi connectivity index (χ0) is 16.5. The largest absolute Gasteiger partial charge is 0.356 e. The Balaban J connectivity index is 0.00000288. The monoisotopic (exact) mass is 442 g/mol. The Kier molecular flexibility index (Phi) is 9.36. The Bertz CT molecular complexity index is 611. The minimum Gasteiger partial charge on any atom is -0.356 e. The molecular formula is C17H27IN6. The van der Waals surface area contributed by atoms with E-state index in [1.165, 1.54) is 5.56 Å². The number of halogens is 1. The summed E-state index contributed by atoms with van der Waals surface area (Å²) < 4.78 is 2.06. The molecule has 2 rings (SSSR count). The van der Waals surface area contributed by atoms with E-state index in [2.05, 4.69) is 68.5 Å². The van der Waals surface area contributed by atoms with Gasteiger partial charge in [0.1, 0.15) is 12.2 Å². The second-order valence-corrected chi connectivity index (χ2v) is 5.49. The van der Waals surface area contributed by atoms with E-state index < -0.39 is 0 Å². The number of guanidine groups is 1. The highest BCUT2D eigenvalue weighted by Gasteiger charge is 2.06. The van der Waals surface area contributed by atoms with Crippen molar-refractivity contribution in [1.82, 2.24) is 25.4 Å². The normalized spacial score (nSPS) is 12.4. The molecule has 1 atom stereocenters. The minimum atomic E-state index is 0. The molecule has 6 nitrogen and oxygen atoms in total. The van der Waals surface area contributed by atoms with Crippen molar-refractivity contribution < 1.29 is 0 Å². The number of nitrogens with one attached hydrogen (secondary N) is 2. The number of nitrogens with zero attached hydrogens (tertiary/aromatic N) is 4. The van der Waals surface area contributed by atoms with E-state index in [9.17, 15) is 0 Å². The highest BCUT2D eigenvalue weighted by Crippen LogP contribution is 2.12. The van der Waals surface area contributed by atoms with Gasteiger partial charge >= 0.3 is 0 Å². The lowest BCUT2D eigenvalue weighted by Gasteiger charge is -2.16. The average Bonchev–Trinajstić information content (AvgIpc) is 3.05. The fourth-order valence-electron chi connectivity index (χ4n) is 2.40. The van der Waals surface area contributed by atoms with Gasteiger partial charge in [-0.05, 0) is 11.5 Å². The van der Waals surface area contributed by atoms with Gasteiger partial charge in [-0.15, -0.1) is 34.2 Å². The SMILES string of the molecule is CCc1nncn1CCNC(=NC)NCC(C)c1ccccc1.I. The van der Waals surface area contributed by atoms with Gasteiger partial charge in [-0.2, -0.15) is 0 Å². The molecule has 0 bridgehead atoms. The minimum absolute atomic E-state index is 0. The number of aromatic nitrogens is 3. The number of hydrogen-bond donors (Lipinski definition) is 2. The predicted octanol–water partition coefficient (Wildman–Crippen LogP) is 2.43. The third-order valence-corrected chi connectivity index (χ3v) is 3.83. The van der Waals surface area contributed by atoms with Gasteiger partial charge in [-0.1, -0.05) is 44.2 Å². The van der Waals surface area contributed by atoms with E-state index in [1.54, 1.807) is 13.4 Å². The summed E-state index contributed by atoms with van der Waals surface area (Å²) in [6.45, 7) is 6.74. The third kappa shape index (κ3) is 6.10. The van der Waals surface area contributed by atoms with E-state index >= 15 is 0 Å². The van der Waals surface area contributed by atoms with Gasteiger partial charge in [0.05, 0.1) is 0 Å². The summed E-state index contributed by atoms with van der Waals surface area (Å²) in [4.78, 5) is 4.27. The highest BCUT2D eigenvalue weighted by molar-refractivity contribution is 14.0. The van der Waals surface area contributed by atoms with Crippen LogP contribution in [0.4, 0.5) is 0 Å². The van der Waals surface area contributed by atoms with Crippen molar-refractivity contribution in [3.63, 3.8) is 0 Å². The summed E-state index contributed by atoms with van der Waals surface area (Å²) in [5, 5.41) is 14.7. The Hall–Kier alpha value is -1.64. The molecule has 1 unspecified atom stereocenters. The lowest BCUT2D eigenvalue weighted by Crippen LogP contribution is -2.40. The molecule has 0 saturated carbocycles. The van der Waals surface area contributed by atoms with Crippen LogP contribution >= 0.6 is 24.0 Å². The zero-order valence-corrected chi connectivity index (χ0v) is 16.9. The van der Waals surface area contributed by atoms with Crippen LogP contribution in [0.25, 0.3) is 0 Å². The Labute approximate surface area is 161 Å². The van der Waals surface area contributed by atoms with Crippen molar-refractivity contribution in [3.8, 4) is 0 Å². The summed E-state index contributed by atoms with van der Waals surface area (Å²) in [6, 6.07) is 10.5. The zero-order valence-electron chi connectivity index (χ0n) is 14.6. The third-order valence-electron chi connectivity index (χ3n) is 3.83. The lowest BCUT2D eigenvalue weighted by molar-refractivity contribution is 0.627. The van der Waals surface area contributed by atoms with E-state index in [-0.39, 0.29) is 24.0 Å². The predicted molar refractivity (Wildman–Crippen MR) is 109 cm³/mol. The first kappa shape index (κ1) is 20.4. The molecule has 0 amide bonds. The van der Waals surface area contributed by atoms with Crippen LogP contribution in [0.5, 0.6) is 0 Å². The highest BCUT2D eigenvalue weighted by atomic mass is 127. The first-order chi connectivity index (χ1) is 11.2. The van der Waals surface area contributed by atoms with E-state index in [4.69, 9.17) is 0 Å². The van der Waals surface area contributed by atoms with Gasteiger partial charge in [0.15, 0.2) is 5.96 Å². The molecule has 0 spiro atoms. The molecule has 2 N–H and O–H groups in total. The second kappa shape index (κ2) is 11.0. The van der Waals surface area contributed by atoms with Gasteiger partial charge in [0.25, 0.3) is 0 Å². The van der Waals surface area contributed by atoms with Gasteiger partial charge < -0.3 is 15.2 Å². The van der Waals surface area contributed by atoms with Crippen molar-refractivity contribution in [2.24, 2.45) is 4.99 Å². The van der Waals surface area contributed by atoms with E-state index in [0.29, 0.717) is 5.92 Å². The first-order valence-corrected chi connectivity index (χ1v) is 8.10. The number of aliphatic imine (C=N–C) groups is 1. The summed E-state index contributed by atoms with van der Waals surface area (Å²) in [5.41, 5.74) is 1.33. The molecule has 0 aliphatic heterocycles. The Morgan fingerprint density at radius 1 is 1.25 bits per heavy atom. The van der Waals surface area contributed by atoms with Crippen LogP contribution in [0, 0.1) is 0 Å². The molecule has 0 fully saturated rings. The van der Waals surface area contributed by atoms with Crippen LogP contribution in [-0.2, 0) is 13.0 Å². The van der Waals surface area contributed by atoms with Crippen LogP contribution in [0.15, 0.2) is 41.7 Å². The van der Waals surface area contributed by atoms with E-state index in [0.717, 1.165) is 37.8 Å². The molecule has 0 radical (unpaired) electrons. The van der Waals surface area contributed by atoms with Crippen LogP contribution < -0.4 is 10.6 Å². The molecule has 7 heteroatoms. The second-order valence-electron chi connectivity index (χ2n) is 5.49. The standard InChI is InChI=1S/C17H26N6.HI/c1-4-16-22-21-13-23(16)11-10-19-17(18-3)20-12-14(2)15-8-6-5-7-9-15;/h5-9,13-14H,4,10-12H2,1-3H3,(H2,18,19,20);1H. The average molecular weight is 442 g/mol. The van der Waals surface area contributed by atoms with Crippen molar-refractivity contribution in [3.05, 3.63) is 48.0 Å². The molecule has 132 valence electrons. The molecule has 2 aromatic rings. The fraction of sp³-hybridized carbons (Fsp3) is 0.471. The van der Waals surface area contributed by atoms with Crippen LogP contribution in [-0.4, -0.2) is 40.9 Å². The quantitative estimate of drug-likeness (QED) is 0.393. The molecule has 0 saturated heterocycles. The van der Waals surface area contributed by atoms with Gasteiger partial charge in [-0.3, -0.25) is 4.99 Å². The molecule has 1 aromatic heterocycles. The van der Waals surface area contributed by atoms with Crippen LogP contribution in [0.2, 0.25) is 0 Å². The first-order valence-electron chi connectivity index (χ1n) is 8.10. The number of hydrogen-bond acceptors (Lipinski definition) is 3. The maximum Gasteiger partial charge on any atom is 0.191 e. The number of aryl methyl sites for hydroxylation is 1. The Morgan fingerprint density at radius 3 is 2.67 bits per heavy atom. The van der Waals surface area contributed by atoms with Crippen molar-refractivity contribution >= 4 is 29.9 Å². The maximum absolute atomic E-state index is 4.27. The topological polar surface area (TPSA) is 67.1 Å². The molecule has 1 heterocycles. The maximum atomic E-state index is 4.27. The summed E-state index contributed by atoms with van der Waals surface area (Å²) in [6.07, 6.45) is 2.66. The molecular weight excluding hydrogens is 415 g/mol. The summed E-state index contributed by atoms with van der Waals surface area (Å²) in [5.74, 6) is 2.26. The number of benzene rings is 1. The van der Waals surface area contributed by atoms with Crippen molar-refractivity contribution in [2.75, 3.05) is 20.1 Å². The fourth-order valence-corrected chi connectivity index (χ4v) is 2.40. The van der Waals surface area contributed by atoms with Crippen LogP contribution in [0.3, 0.4) is 0 Å². The molecule has 0 aliphatic rings. The summed E-state index contributed by atoms with van der Waals surface area (Å²) >= 11 is 0. The Morgan fingerprint density at radius 2 is 2.00 bits per heavy atom. The molecule has 1 aromatic carbocycles. The van der Waals surface area contributed by atoms with Crippen LogP contribution in [0.1, 0.15) is 31.2 Å². The smallest absolute Gasteiger partial charge is 0.191 e. The lowest BCUT2D eigenvalue weighted by atomic mass is 10.0. The van der Waals surface area contributed by atoms with Crippen molar-refractivity contribution in [1.29, 1.82) is 0 Å². The van der Waals surface area contributed by atoms with Crippen molar-refractivity contribution in [2.45, 2.75) is 32.7 Å². The number of rotatable bonds is 7. The summed E-state index contributed by atoms with van der Waals surface area (Å²) in [7, 11) is 1.79. The van der Waals surface area contributed by atoms with Gasteiger partial charge in [0, 0.05) is 33.1 Å². The van der Waals surface area contributed by atoms with Gasteiger partial charge in [0.2, 0.25) is 0 Å². The molecule has 0 aliphatic carbocycles. The van der Waals surface area contributed by atoms with Gasteiger partial charge in [-0.25, -0.2) is 0 Å². The molecule has 24 heavy (non-hydrogen) atoms. The van der Waals surface area contributed by atoms with E-state index in [1.807, 2.05) is 6.07 Å².